The molecule has 4 amide bonds. The molecule has 154 valence electrons. The Hall–Kier alpha value is -2.74. The molecule has 1 aromatic carbocycles. The van der Waals surface area contributed by atoms with Crippen LogP contribution in [0.5, 0.6) is 0 Å². The normalized spacial score (nSPS) is 30.1. The van der Waals surface area contributed by atoms with Gasteiger partial charge in [-0.05, 0) is 25.8 Å². The van der Waals surface area contributed by atoms with Crippen LogP contribution in [0.3, 0.4) is 0 Å². The van der Waals surface area contributed by atoms with Crippen LogP contribution >= 0.6 is 0 Å². The van der Waals surface area contributed by atoms with Gasteiger partial charge in [0.1, 0.15) is 5.54 Å². The average Bonchev–Trinajstić information content (AvgIpc) is 3.20. The molecule has 2 fully saturated rings. The highest BCUT2D eigenvalue weighted by Crippen LogP contribution is 2.54. The summed E-state index contributed by atoms with van der Waals surface area (Å²) >= 11 is 0. The van der Waals surface area contributed by atoms with Crippen LogP contribution in [0.2, 0.25) is 0 Å². The van der Waals surface area contributed by atoms with Gasteiger partial charge in [-0.15, -0.1) is 0 Å². The fraction of sp³-hybridized carbons (Fsp3) is 0.524. The Bertz CT molecular complexity index is 943. The third kappa shape index (κ3) is 2.62. The topological polar surface area (TPSA) is 122 Å². The van der Waals surface area contributed by atoms with E-state index in [2.05, 4.69) is 10.6 Å². The van der Waals surface area contributed by atoms with Crippen molar-refractivity contribution in [1.29, 1.82) is 0 Å². The molecule has 0 radical (unpaired) electrons. The summed E-state index contributed by atoms with van der Waals surface area (Å²) in [6, 6.07) is 3.17. The van der Waals surface area contributed by atoms with Crippen LogP contribution in [-0.2, 0) is 24.7 Å². The van der Waals surface area contributed by atoms with Gasteiger partial charge in [0.05, 0.1) is 11.8 Å². The number of nitrogens with one attached hydrogen (secondary N) is 2. The van der Waals surface area contributed by atoms with E-state index in [0.717, 1.165) is 17.5 Å². The molecule has 4 rings (SSSR count). The van der Waals surface area contributed by atoms with Crippen LogP contribution in [-0.4, -0.2) is 41.1 Å². The molecule has 1 aromatic rings. The summed E-state index contributed by atoms with van der Waals surface area (Å²) in [5.41, 5.74) is 7.23. The lowest BCUT2D eigenvalue weighted by Crippen LogP contribution is -2.53. The molecule has 3 aliphatic heterocycles. The first-order chi connectivity index (χ1) is 13.7. The highest BCUT2D eigenvalue weighted by molar-refractivity contribution is 6.15. The molecule has 3 heterocycles. The fourth-order valence-corrected chi connectivity index (χ4v) is 5.25. The van der Waals surface area contributed by atoms with E-state index in [9.17, 15) is 19.2 Å². The summed E-state index contributed by atoms with van der Waals surface area (Å²) in [5, 5.41) is 6.12. The Balaban J connectivity index is 1.87. The number of carbonyl (C=O) groups is 4. The fourth-order valence-electron chi connectivity index (χ4n) is 5.25. The summed E-state index contributed by atoms with van der Waals surface area (Å²) in [4.78, 5) is 52.8. The molecule has 0 aliphatic carbocycles. The Morgan fingerprint density at radius 3 is 2.59 bits per heavy atom. The second-order valence-electron chi connectivity index (χ2n) is 8.37. The second-order valence-corrected chi connectivity index (χ2v) is 8.37. The number of benzene rings is 1. The quantitative estimate of drug-likeness (QED) is 0.631. The van der Waals surface area contributed by atoms with Gasteiger partial charge in [-0.1, -0.05) is 31.0 Å². The van der Waals surface area contributed by atoms with E-state index in [0.29, 0.717) is 24.2 Å². The number of nitrogens with zero attached hydrogens (tertiary/aromatic N) is 1. The standard InChI is InChI=1S/C21H26N4O4/c1-4-5-6-25-18(27)15-13(9-14(22)26)24-21(16(15)19(25)28)12-8-10(2)7-11(3)17(12)23-20(21)29/h7-8,13,15-16,24H,4-6,9H2,1-3H3,(H2,22,26)(H,23,29). The van der Waals surface area contributed by atoms with Gasteiger partial charge in [-0.2, -0.15) is 0 Å². The highest BCUT2D eigenvalue weighted by Gasteiger charge is 2.70. The number of nitrogens with two attached hydrogens (primary N) is 1. The van der Waals surface area contributed by atoms with E-state index in [1.165, 1.54) is 4.90 Å². The lowest BCUT2D eigenvalue weighted by atomic mass is 9.76. The van der Waals surface area contributed by atoms with Crippen molar-refractivity contribution in [1.82, 2.24) is 10.2 Å². The van der Waals surface area contributed by atoms with Crippen molar-refractivity contribution in [3.05, 3.63) is 28.8 Å². The van der Waals surface area contributed by atoms with Crippen LogP contribution < -0.4 is 16.4 Å². The second kappa shape index (κ2) is 6.66. The first-order valence-corrected chi connectivity index (χ1v) is 10.1. The number of rotatable bonds is 5. The monoisotopic (exact) mass is 398 g/mol. The molecule has 8 nitrogen and oxygen atoms in total. The van der Waals surface area contributed by atoms with Gasteiger partial charge in [0.15, 0.2) is 0 Å². The minimum absolute atomic E-state index is 0.114. The lowest BCUT2D eigenvalue weighted by molar-refractivity contribution is -0.142. The molecule has 0 bridgehead atoms. The van der Waals surface area contributed by atoms with Gasteiger partial charge in [0, 0.05) is 30.3 Å². The number of aryl methyl sites for hydroxylation is 2. The van der Waals surface area contributed by atoms with Crippen LogP contribution in [0, 0.1) is 25.7 Å². The number of amides is 4. The van der Waals surface area contributed by atoms with Gasteiger partial charge in [0.25, 0.3) is 0 Å². The molecule has 29 heavy (non-hydrogen) atoms. The molecular formula is C21H26N4O4. The molecule has 1 spiro atoms. The predicted molar refractivity (Wildman–Crippen MR) is 106 cm³/mol. The third-order valence-electron chi connectivity index (χ3n) is 6.41. The van der Waals surface area contributed by atoms with Crippen molar-refractivity contribution >= 4 is 29.3 Å². The molecule has 2 saturated heterocycles. The maximum atomic E-state index is 13.4. The summed E-state index contributed by atoms with van der Waals surface area (Å²) in [7, 11) is 0. The average molecular weight is 398 g/mol. The maximum absolute atomic E-state index is 13.4. The van der Waals surface area contributed by atoms with Gasteiger partial charge in [-0.25, -0.2) is 0 Å². The zero-order valence-electron chi connectivity index (χ0n) is 16.9. The first-order valence-electron chi connectivity index (χ1n) is 10.1. The van der Waals surface area contributed by atoms with Crippen molar-refractivity contribution in [2.75, 3.05) is 11.9 Å². The zero-order chi connectivity index (χ0) is 21.1. The van der Waals surface area contributed by atoms with Crippen molar-refractivity contribution in [2.24, 2.45) is 17.6 Å². The summed E-state index contributed by atoms with van der Waals surface area (Å²) in [6.45, 7) is 6.12. The van der Waals surface area contributed by atoms with E-state index in [1.807, 2.05) is 32.9 Å². The maximum Gasteiger partial charge on any atom is 0.250 e. The van der Waals surface area contributed by atoms with E-state index >= 15 is 0 Å². The largest absolute Gasteiger partial charge is 0.370 e. The number of primary amides is 1. The minimum Gasteiger partial charge on any atom is -0.370 e. The molecule has 4 unspecified atom stereocenters. The number of hydrogen-bond acceptors (Lipinski definition) is 5. The number of anilines is 1. The number of hydrogen-bond donors (Lipinski definition) is 3. The minimum atomic E-state index is -1.37. The molecule has 3 aliphatic rings. The van der Waals surface area contributed by atoms with Crippen LogP contribution in [0.4, 0.5) is 5.69 Å². The van der Waals surface area contributed by atoms with E-state index in [4.69, 9.17) is 5.73 Å². The Morgan fingerprint density at radius 2 is 1.93 bits per heavy atom. The van der Waals surface area contributed by atoms with Gasteiger partial charge < -0.3 is 11.1 Å². The van der Waals surface area contributed by atoms with Gasteiger partial charge >= 0.3 is 0 Å². The summed E-state index contributed by atoms with van der Waals surface area (Å²) < 4.78 is 0. The summed E-state index contributed by atoms with van der Waals surface area (Å²) in [6.07, 6.45) is 1.41. The Labute approximate surface area is 169 Å². The Morgan fingerprint density at radius 1 is 1.21 bits per heavy atom. The van der Waals surface area contributed by atoms with Crippen LogP contribution in [0.1, 0.15) is 42.9 Å². The molecule has 4 atom stereocenters. The van der Waals surface area contributed by atoms with Gasteiger partial charge in [-0.3, -0.25) is 29.4 Å². The van der Waals surface area contributed by atoms with E-state index in [-0.39, 0.29) is 24.1 Å². The van der Waals surface area contributed by atoms with E-state index in [1.54, 1.807) is 0 Å². The highest BCUT2D eigenvalue weighted by atomic mass is 16.2. The van der Waals surface area contributed by atoms with Crippen molar-refractivity contribution in [3.63, 3.8) is 0 Å². The smallest absolute Gasteiger partial charge is 0.250 e. The third-order valence-corrected chi connectivity index (χ3v) is 6.41. The lowest BCUT2D eigenvalue weighted by Gasteiger charge is -2.29. The first kappa shape index (κ1) is 19.6. The van der Waals surface area contributed by atoms with Gasteiger partial charge in [0.2, 0.25) is 23.6 Å². The van der Waals surface area contributed by atoms with Crippen LogP contribution in [0.15, 0.2) is 12.1 Å². The predicted octanol–water partition coefficient (Wildman–Crippen LogP) is 0.699. The van der Waals surface area contributed by atoms with Crippen molar-refractivity contribution in [3.8, 4) is 0 Å². The molecule has 0 aromatic heterocycles. The number of likely N-dealkylation sites (tertiary alicyclic amines) is 1. The number of imide groups is 1. The number of fused-ring (bicyclic) bond motifs is 4. The molecule has 4 N–H and O–H groups in total. The molecular weight excluding hydrogens is 372 g/mol. The van der Waals surface area contributed by atoms with Crippen molar-refractivity contribution < 1.29 is 19.2 Å². The zero-order valence-corrected chi connectivity index (χ0v) is 16.9. The van der Waals surface area contributed by atoms with Crippen molar-refractivity contribution in [2.45, 2.75) is 51.6 Å². The van der Waals surface area contributed by atoms with Crippen LogP contribution in [0.25, 0.3) is 0 Å². The number of unbranched alkanes of at least 4 members (excludes halogenated alkanes) is 1. The summed E-state index contributed by atoms with van der Waals surface area (Å²) in [5.74, 6) is -3.29. The Kier molecular flexibility index (Phi) is 4.49. The SMILES string of the molecule is CCCCN1C(=O)C2C(CC(N)=O)NC3(C(=O)Nc4c(C)cc(C)cc43)C2C1=O. The molecule has 8 heteroatoms. The van der Waals surface area contributed by atoms with E-state index < -0.39 is 29.3 Å². The number of carbonyl (C=O) groups excluding carboxylic acids is 4. The molecule has 0 saturated carbocycles.